The fourth-order valence-corrected chi connectivity index (χ4v) is 2.75. The van der Waals surface area contributed by atoms with Gasteiger partial charge in [-0.25, -0.2) is 4.68 Å². The van der Waals surface area contributed by atoms with Crippen molar-refractivity contribution in [2.24, 2.45) is 5.92 Å². The van der Waals surface area contributed by atoms with Crippen LogP contribution in [0.5, 0.6) is 0 Å². The zero-order chi connectivity index (χ0) is 13.8. The largest absolute Gasteiger partial charge is 0.394 e. The third-order valence-corrected chi connectivity index (χ3v) is 4.11. The van der Waals surface area contributed by atoms with Crippen molar-refractivity contribution in [1.82, 2.24) is 9.78 Å². The van der Waals surface area contributed by atoms with E-state index in [2.05, 4.69) is 17.3 Å². The van der Waals surface area contributed by atoms with Gasteiger partial charge in [-0.15, -0.1) is 0 Å². The second-order valence-corrected chi connectivity index (χ2v) is 5.51. The number of nitrogens with zero attached hydrogens (tertiary/aromatic N) is 2. The van der Waals surface area contributed by atoms with Gasteiger partial charge >= 0.3 is 0 Å². The molecule has 1 heterocycles. The van der Waals surface area contributed by atoms with Crippen LogP contribution in [0.3, 0.4) is 0 Å². The molecule has 0 aromatic carbocycles. The molecule has 2 N–H and O–H groups in total. The van der Waals surface area contributed by atoms with Crippen LogP contribution in [0.25, 0.3) is 0 Å². The summed E-state index contributed by atoms with van der Waals surface area (Å²) in [4.78, 5) is 11.9. The second kappa shape index (κ2) is 6.39. The summed E-state index contributed by atoms with van der Waals surface area (Å²) in [5.41, 5.74) is 0.240. The highest BCUT2D eigenvalue weighted by Gasteiger charge is 2.22. The lowest BCUT2D eigenvalue weighted by atomic mass is 9.86. The van der Waals surface area contributed by atoms with E-state index in [1.165, 1.54) is 23.9 Å². The molecule has 1 aliphatic carbocycles. The Labute approximate surface area is 117 Å². The van der Waals surface area contributed by atoms with Gasteiger partial charge in [0.15, 0.2) is 0 Å². The fourth-order valence-electron chi connectivity index (χ4n) is 2.55. The first-order chi connectivity index (χ1) is 9.13. The Hall–Kier alpha value is -1.07. The second-order valence-electron chi connectivity index (χ2n) is 5.14. The fraction of sp³-hybridized carbons (Fsp3) is 0.692. The van der Waals surface area contributed by atoms with Gasteiger partial charge in [-0.3, -0.25) is 4.79 Å². The molecule has 1 saturated carbocycles. The Kier molecular flexibility index (Phi) is 4.82. The molecule has 106 valence electrons. The highest BCUT2D eigenvalue weighted by molar-refractivity contribution is 6.32. The maximum Gasteiger partial charge on any atom is 0.287 e. The zero-order valence-electron chi connectivity index (χ0n) is 11.1. The van der Waals surface area contributed by atoms with Gasteiger partial charge in [0.25, 0.3) is 5.56 Å². The molecule has 6 heteroatoms. The van der Waals surface area contributed by atoms with Crippen molar-refractivity contribution < 1.29 is 5.11 Å². The van der Waals surface area contributed by atoms with Gasteiger partial charge in [0, 0.05) is 6.04 Å². The molecule has 0 aliphatic heterocycles. The van der Waals surface area contributed by atoms with Crippen LogP contribution in [0, 0.1) is 5.92 Å². The van der Waals surface area contributed by atoms with E-state index in [1.807, 2.05) is 0 Å². The first kappa shape index (κ1) is 14.3. The van der Waals surface area contributed by atoms with E-state index in [-0.39, 0.29) is 23.7 Å². The molecular weight excluding hydrogens is 266 g/mol. The summed E-state index contributed by atoms with van der Waals surface area (Å²) < 4.78 is 1.18. The summed E-state index contributed by atoms with van der Waals surface area (Å²) in [5, 5.41) is 16.4. The minimum atomic E-state index is -0.357. The molecule has 2 rings (SSSR count). The van der Waals surface area contributed by atoms with Gasteiger partial charge in [0.1, 0.15) is 5.02 Å². The zero-order valence-corrected chi connectivity index (χ0v) is 11.9. The third kappa shape index (κ3) is 3.28. The molecular formula is C13H20ClN3O2. The molecule has 19 heavy (non-hydrogen) atoms. The molecule has 0 bridgehead atoms. The van der Waals surface area contributed by atoms with E-state index in [1.54, 1.807) is 6.20 Å². The normalized spacial score (nSPS) is 23.3. The molecule has 1 fully saturated rings. The Morgan fingerprint density at radius 1 is 1.53 bits per heavy atom. The van der Waals surface area contributed by atoms with E-state index < -0.39 is 0 Å². The summed E-state index contributed by atoms with van der Waals surface area (Å²) in [5.74, 6) is 0.574. The molecule has 1 aromatic heterocycles. The number of hydrogen-bond donors (Lipinski definition) is 2. The first-order valence-corrected chi connectivity index (χ1v) is 7.14. The van der Waals surface area contributed by atoms with Crippen molar-refractivity contribution >= 4 is 17.3 Å². The van der Waals surface area contributed by atoms with Crippen molar-refractivity contribution in [2.75, 3.05) is 11.9 Å². The van der Waals surface area contributed by atoms with Crippen molar-refractivity contribution in [1.29, 1.82) is 0 Å². The average Bonchev–Trinajstić information content (AvgIpc) is 2.41. The molecule has 0 amide bonds. The van der Waals surface area contributed by atoms with Gasteiger partial charge in [0.05, 0.1) is 25.0 Å². The Bertz CT molecular complexity index is 489. The lowest BCUT2D eigenvalue weighted by Crippen LogP contribution is -2.32. The number of aromatic nitrogens is 2. The Morgan fingerprint density at radius 2 is 2.26 bits per heavy atom. The van der Waals surface area contributed by atoms with Gasteiger partial charge in [-0.1, -0.05) is 31.4 Å². The number of halogens is 1. The summed E-state index contributed by atoms with van der Waals surface area (Å²) >= 11 is 6.08. The van der Waals surface area contributed by atoms with Gasteiger partial charge < -0.3 is 10.4 Å². The van der Waals surface area contributed by atoms with Crippen LogP contribution in [0.1, 0.15) is 32.6 Å². The SMILES string of the molecule is CC1CCCCC1Nc1cnn(CCO)c(=O)c1Cl. The number of anilines is 1. The number of hydrogen-bond acceptors (Lipinski definition) is 4. The topological polar surface area (TPSA) is 67.2 Å². The van der Waals surface area contributed by atoms with Crippen LogP contribution < -0.4 is 10.9 Å². The highest BCUT2D eigenvalue weighted by Crippen LogP contribution is 2.28. The van der Waals surface area contributed by atoms with Crippen LogP contribution >= 0.6 is 11.6 Å². The number of rotatable bonds is 4. The maximum absolute atomic E-state index is 11.9. The standard InChI is InChI=1S/C13H20ClN3O2/c1-9-4-2-3-5-10(9)16-11-8-15-17(6-7-18)13(19)12(11)14/h8-10,16,18H,2-7H2,1H3. The molecule has 1 aromatic rings. The quantitative estimate of drug-likeness (QED) is 0.886. The highest BCUT2D eigenvalue weighted by atomic mass is 35.5. The summed E-state index contributed by atoms with van der Waals surface area (Å²) in [6.07, 6.45) is 6.33. The van der Waals surface area contributed by atoms with E-state index in [0.29, 0.717) is 17.6 Å². The predicted molar refractivity (Wildman–Crippen MR) is 75.6 cm³/mol. The third-order valence-electron chi connectivity index (χ3n) is 3.75. The number of aliphatic hydroxyl groups excluding tert-OH is 1. The van der Waals surface area contributed by atoms with Crippen LogP contribution in [0.2, 0.25) is 5.02 Å². The van der Waals surface area contributed by atoms with Crippen molar-refractivity contribution in [3.05, 3.63) is 21.6 Å². The van der Waals surface area contributed by atoms with Crippen molar-refractivity contribution in [2.45, 2.75) is 45.2 Å². The average molecular weight is 286 g/mol. The lowest BCUT2D eigenvalue weighted by molar-refractivity contribution is 0.266. The summed E-state index contributed by atoms with van der Waals surface area (Å²) in [6, 6.07) is 0.348. The molecule has 1 aliphatic rings. The first-order valence-electron chi connectivity index (χ1n) is 6.76. The summed E-state index contributed by atoms with van der Waals surface area (Å²) in [6.45, 7) is 2.25. The van der Waals surface area contributed by atoms with Crippen LogP contribution in [0.4, 0.5) is 5.69 Å². The Morgan fingerprint density at radius 3 is 2.95 bits per heavy atom. The minimum absolute atomic E-state index is 0.129. The number of nitrogens with one attached hydrogen (secondary N) is 1. The van der Waals surface area contributed by atoms with Crippen LogP contribution in [-0.4, -0.2) is 27.5 Å². The van der Waals surface area contributed by atoms with Crippen LogP contribution in [-0.2, 0) is 6.54 Å². The summed E-state index contributed by atoms with van der Waals surface area (Å²) in [7, 11) is 0. The van der Waals surface area contributed by atoms with Crippen molar-refractivity contribution in [3.8, 4) is 0 Å². The maximum atomic E-state index is 11.9. The molecule has 0 saturated heterocycles. The predicted octanol–water partition coefficient (Wildman–Crippen LogP) is 1.88. The molecule has 2 unspecified atom stereocenters. The molecule has 0 radical (unpaired) electrons. The van der Waals surface area contributed by atoms with E-state index in [4.69, 9.17) is 16.7 Å². The van der Waals surface area contributed by atoms with Gasteiger partial charge in [-0.2, -0.15) is 5.10 Å². The van der Waals surface area contributed by atoms with Gasteiger partial charge in [0.2, 0.25) is 0 Å². The van der Waals surface area contributed by atoms with Gasteiger partial charge in [-0.05, 0) is 18.8 Å². The molecule has 0 spiro atoms. The molecule has 5 nitrogen and oxygen atoms in total. The smallest absolute Gasteiger partial charge is 0.287 e. The van der Waals surface area contributed by atoms with E-state index in [0.717, 1.165) is 6.42 Å². The Balaban J connectivity index is 2.16. The lowest BCUT2D eigenvalue weighted by Gasteiger charge is -2.30. The minimum Gasteiger partial charge on any atom is -0.394 e. The van der Waals surface area contributed by atoms with E-state index in [9.17, 15) is 4.79 Å². The monoisotopic (exact) mass is 285 g/mol. The van der Waals surface area contributed by atoms with E-state index >= 15 is 0 Å². The number of aliphatic hydroxyl groups is 1. The van der Waals surface area contributed by atoms with Crippen LogP contribution in [0.15, 0.2) is 11.0 Å². The van der Waals surface area contributed by atoms with Crippen molar-refractivity contribution in [3.63, 3.8) is 0 Å². The molecule has 2 atom stereocenters.